The minimum atomic E-state index is -1.04. The summed E-state index contributed by atoms with van der Waals surface area (Å²) in [6, 6.07) is -0.912. The zero-order chi connectivity index (χ0) is 13.4. The summed E-state index contributed by atoms with van der Waals surface area (Å²) < 4.78 is 9.91. The second-order valence-electron chi connectivity index (χ2n) is 4.21. The van der Waals surface area contributed by atoms with Crippen LogP contribution in [0, 0.1) is 5.92 Å². The maximum atomic E-state index is 11.3. The third-order valence-electron chi connectivity index (χ3n) is 2.83. The highest BCUT2D eigenvalue weighted by Gasteiger charge is 2.26. The number of carboxylic acids is 1. The summed E-state index contributed by atoms with van der Waals surface area (Å²) in [5, 5.41) is 11.4. The topological polar surface area (TPSA) is 84.9 Å². The molecule has 1 fully saturated rings. The number of hydrogen-bond acceptors (Lipinski definition) is 4. The van der Waals surface area contributed by atoms with Crippen LogP contribution in [0.5, 0.6) is 0 Å². The fourth-order valence-corrected chi connectivity index (χ4v) is 1.86. The number of carbonyl (C=O) groups excluding carboxylic acids is 1. The summed E-state index contributed by atoms with van der Waals surface area (Å²) >= 11 is 0. The first kappa shape index (κ1) is 14.5. The molecule has 18 heavy (non-hydrogen) atoms. The van der Waals surface area contributed by atoms with Gasteiger partial charge in [0.05, 0.1) is 0 Å². The van der Waals surface area contributed by atoms with Crippen LogP contribution in [0.3, 0.4) is 0 Å². The second-order valence-corrected chi connectivity index (χ2v) is 4.21. The number of ether oxygens (including phenoxy) is 2. The van der Waals surface area contributed by atoms with Crippen molar-refractivity contribution < 1.29 is 24.2 Å². The number of nitrogens with one attached hydrogen (secondary N) is 1. The number of amides is 1. The van der Waals surface area contributed by atoms with Gasteiger partial charge in [-0.25, -0.2) is 9.59 Å². The number of rotatable bonds is 6. The van der Waals surface area contributed by atoms with Crippen molar-refractivity contribution in [3.63, 3.8) is 0 Å². The van der Waals surface area contributed by atoms with Crippen LogP contribution in [0.25, 0.3) is 0 Å². The Morgan fingerprint density at radius 2 is 2.17 bits per heavy atom. The summed E-state index contributed by atoms with van der Waals surface area (Å²) in [4.78, 5) is 22.4. The van der Waals surface area contributed by atoms with Crippen LogP contribution >= 0.6 is 0 Å². The quantitative estimate of drug-likeness (QED) is 0.698. The molecule has 0 aromatic rings. The van der Waals surface area contributed by atoms with Crippen molar-refractivity contribution >= 4 is 12.1 Å². The summed E-state index contributed by atoms with van der Waals surface area (Å²) in [7, 11) is 0. The van der Waals surface area contributed by atoms with Crippen LogP contribution in [0.15, 0.2) is 12.7 Å². The van der Waals surface area contributed by atoms with Gasteiger partial charge < -0.3 is 19.9 Å². The normalized spacial score (nSPS) is 17.8. The molecule has 0 unspecified atom stereocenters. The molecule has 0 aromatic carbocycles. The van der Waals surface area contributed by atoms with E-state index in [9.17, 15) is 9.59 Å². The second kappa shape index (κ2) is 7.71. The predicted octanol–water partition coefficient (Wildman–Crippen LogP) is 1.17. The largest absolute Gasteiger partial charge is 0.480 e. The Hall–Kier alpha value is -1.56. The third kappa shape index (κ3) is 5.18. The molecule has 1 amide bonds. The fourth-order valence-electron chi connectivity index (χ4n) is 1.86. The third-order valence-corrected chi connectivity index (χ3v) is 2.83. The molecule has 1 rings (SSSR count). The van der Waals surface area contributed by atoms with Gasteiger partial charge in [-0.2, -0.15) is 0 Å². The molecule has 1 atom stereocenters. The van der Waals surface area contributed by atoms with Crippen molar-refractivity contribution in [1.82, 2.24) is 5.32 Å². The summed E-state index contributed by atoms with van der Waals surface area (Å²) in [6.45, 7) is 4.77. The first-order valence-corrected chi connectivity index (χ1v) is 5.98. The van der Waals surface area contributed by atoms with Crippen LogP contribution in [-0.4, -0.2) is 43.0 Å². The lowest BCUT2D eigenvalue weighted by Crippen LogP contribution is -2.42. The van der Waals surface area contributed by atoms with E-state index in [1.807, 2.05) is 0 Å². The van der Waals surface area contributed by atoms with Crippen LogP contribution < -0.4 is 5.32 Å². The van der Waals surface area contributed by atoms with Crippen LogP contribution in [0.4, 0.5) is 4.79 Å². The van der Waals surface area contributed by atoms with Gasteiger partial charge >= 0.3 is 12.1 Å². The molecule has 0 aromatic heterocycles. The lowest BCUT2D eigenvalue weighted by atomic mass is 9.92. The molecular weight excluding hydrogens is 238 g/mol. The SMILES string of the molecule is C=CCOC(=O)N[C@@H](CC1CCOCC1)C(=O)O. The highest BCUT2D eigenvalue weighted by molar-refractivity contribution is 5.79. The van der Waals surface area contributed by atoms with Gasteiger partial charge in [-0.05, 0) is 25.2 Å². The molecule has 0 saturated carbocycles. The molecule has 6 heteroatoms. The molecule has 0 bridgehead atoms. The molecule has 2 N–H and O–H groups in total. The molecule has 0 radical (unpaired) electrons. The monoisotopic (exact) mass is 257 g/mol. The first-order chi connectivity index (χ1) is 8.63. The van der Waals surface area contributed by atoms with E-state index < -0.39 is 18.1 Å². The predicted molar refractivity (Wildman–Crippen MR) is 64.3 cm³/mol. The van der Waals surface area contributed by atoms with Gasteiger partial charge in [-0.3, -0.25) is 0 Å². The summed E-state index contributed by atoms with van der Waals surface area (Å²) in [5.41, 5.74) is 0. The zero-order valence-electron chi connectivity index (χ0n) is 10.3. The molecule has 1 aliphatic rings. The van der Waals surface area contributed by atoms with Gasteiger partial charge in [-0.1, -0.05) is 12.7 Å². The van der Waals surface area contributed by atoms with E-state index in [0.717, 1.165) is 12.8 Å². The van der Waals surface area contributed by atoms with Gasteiger partial charge in [0.1, 0.15) is 12.6 Å². The number of alkyl carbamates (subject to hydrolysis) is 1. The molecule has 1 saturated heterocycles. The highest BCUT2D eigenvalue weighted by Crippen LogP contribution is 2.20. The number of carboxylic acid groups (broad SMARTS) is 1. The molecule has 102 valence electrons. The molecule has 0 aliphatic carbocycles. The van der Waals surface area contributed by atoms with Gasteiger partial charge in [0.2, 0.25) is 0 Å². The van der Waals surface area contributed by atoms with E-state index in [-0.39, 0.29) is 12.5 Å². The minimum absolute atomic E-state index is 0.0649. The van der Waals surface area contributed by atoms with E-state index >= 15 is 0 Å². The molecule has 1 aliphatic heterocycles. The maximum Gasteiger partial charge on any atom is 0.408 e. The molecule has 1 heterocycles. The summed E-state index contributed by atoms with van der Waals surface area (Å²) in [6.07, 6.45) is 2.75. The van der Waals surface area contributed by atoms with E-state index in [2.05, 4.69) is 11.9 Å². The zero-order valence-corrected chi connectivity index (χ0v) is 10.3. The molecule has 6 nitrogen and oxygen atoms in total. The van der Waals surface area contributed by atoms with Crippen LogP contribution in [-0.2, 0) is 14.3 Å². The smallest absolute Gasteiger partial charge is 0.408 e. The first-order valence-electron chi connectivity index (χ1n) is 5.98. The van der Waals surface area contributed by atoms with Gasteiger partial charge in [-0.15, -0.1) is 0 Å². The lowest BCUT2D eigenvalue weighted by Gasteiger charge is -2.25. The van der Waals surface area contributed by atoms with Gasteiger partial charge in [0.15, 0.2) is 0 Å². The van der Waals surface area contributed by atoms with Crippen molar-refractivity contribution in [3.05, 3.63) is 12.7 Å². The number of aliphatic carboxylic acids is 1. The maximum absolute atomic E-state index is 11.3. The minimum Gasteiger partial charge on any atom is -0.480 e. The molecule has 0 spiro atoms. The van der Waals surface area contributed by atoms with E-state index in [1.165, 1.54) is 6.08 Å². The van der Waals surface area contributed by atoms with Crippen molar-refractivity contribution in [3.8, 4) is 0 Å². The van der Waals surface area contributed by atoms with Crippen LogP contribution in [0.2, 0.25) is 0 Å². The van der Waals surface area contributed by atoms with E-state index in [4.69, 9.17) is 14.6 Å². The van der Waals surface area contributed by atoms with Crippen molar-refractivity contribution in [2.45, 2.75) is 25.3 Å². The van der Waals surface area contributed by atoms with Gasteiger partial charge in [0, 0.05) is 13.2 Å². The Morgan fingerprint density at radius 3 is 2.72 bits per heavy atom. The standard InChI is InChI=1S/C12H19NO5/c1-2-5-18-12(16)13-10(11(14)15)8-9-3-6-17-7-4-9/h2,9-10H,1,3-8H2,(H,13,16)(H,14,15)/t10-/m0/s1. The number of carbonyl (C=O) groups is 2. The Labute approximate surface area is 106 Å². The highest BCUT2D eigenvalue weighted by atomic mass is 16.5. The average molecular weight is 257 g/mol. The average Bonchev–Trinajstić information content (AvgIpc) is 2.36. The van der Waals surface area contributed by atoms with Crippen molar-refractivity contribution in [1.29, 1.82) is 0 Å². The Morgan fingerprint density at radius 1 is 1.50 bits per heavy atom. The molecular formula is C12H19NO5. The van der Waals surface area contributed by atoms with E-state index in [1.54, 1.807) is 0 Å². The Kier molecular flexibility index (Phi) is 6.21. The van der Waals surface area contributed by atoms with Crippen molar-refractivity contribution in [2.75, 3.05) is 19.8 Å². The lowest BCUT2D eigenvalue weighted by molar-refractivity contribution is -0.140. The van der Waals surface area contributed by atoms with E-state index in [0.29, 0.717) is 19.6 Å². The van der Waals surface area contributed by atoms with Crippen LogP contribution in [0.1, 0.15) is 19.3 Å². The fraction of sp³-hybridized carbons (Fsp3) is 0.667. The van der Waals surface area contributed by atoms with Gasteiger partial charge in [0.25, 0.3) is 0 Å². The Balaban J connectivity index is 2.40. The summed E-state index contributed by atoms with van der Waals surface area (Å²) in [5.74, 6) is -0.781. The Bertz CT molecular complexity index is 299. The number of hydrogen-bond donors (Lipinski definition) is 2. The van der Waals surface area contributed by atoms with Crippen molar-refractivity contribution in [2.24, 2.45) is 5.92 Å².